The lowest BCUT2D eigenvalue weighted by atomic mass is 10.3. The van der Waals surface area contributed by atoms with Gasteiger partial charge in [0.25, 0.3) is 0 Å². The first-order valence-corrected chi connectivity index (χ1v) is 4.91. The van der Waals surface area contributed by atoms with Crippen molar-refractivity contribution in [1.29, 1.82) is 0 Å². The summed E-state index contributed by atoms with van der Waals surface area (Å²) >= 11 is 5.71. The predicted molar refractivity (Wildman–Crippen MR) is 58.7 cm³/mol. The maximum atomic E-state index is 10.9. The largest absolute Gasteiger partial charge is 0.368 e. The second kappa shape index (κ2) is 4.93. The summed E-state index contributed by atoms with van der Waals surface area (Å²) in [4.78, 5) is 20.6. The van der Waals surface area contributed by atoms with E-state index < -0.39 is 5.91 Å². The number of amides is 1. The van der Waals surface area contributed by atoms with Crippen LogP contribution < -0.4 is 10.6 Å². The Morgan fingerprint density at radius 3 is 2.73 bits per heavy atom. The lowest BCUT2D eigenvalue weighted by Gasteiger charge is -2.25. The van der Waals surface area contributed by atoms with E-state index in [1.807, 2.05) is 13.8 Å². The van der Waals surface area contributed by atoms with E-state index in [0.29, 0.717) is 11.0 Å². The van der Waals surface area contributed by atoms with Crippen LogP contribution in [0.1, 0.15) is 13.8 Å². The van der Waals surface area contributed by atoms with E-state index in [4.69, 9.17) is 17.3 Å². The molecule has 2 N–H and O–H groups in total. The Morgan fingerprint density at radius 2 is 2.27 bits per heavy atom. The molecule has 0 saturated heterocycles. The van der Waals surface area contributed by atoms with Gasteiger partial charge < -0.3 is 10.6 Å². The third kappa shape index (κ3) is 3.36. The monoisotopic (exact) mass is 228 g/mol. The normalized spacial score (nSPS) is 10.4. The van der Waals surface area contributed by atoms with Crippen LogP contribution in [0.25, 0.3) is 0 Å². The van der Waals surface area contributed by atoms with Crippen LogP contribution in [-0.4, -0.2) is 28.5 Å². The van der Waals surface area contributed by atoms with Crippen molar-refractivity contribution in [3.8, 4) is 0 Å². The van der Waals surface area contributed by atoms with Crippen molar-refractivity contribution < 1.29 is 4.79 Å². The molecule has 0 aliphatic rings. The van der Waals surface area contributed by atoms with Crippen LogP contribution in [0.15, 0.2) is 12.4 Å². The first kappa shape index (κ1) is 11.7. The molecule has 82 valence electrons. The number of nitrogens with zero attached hydrogens (tertiary/aromatic N) is 3. The molecule has 15 heavy (non-hydrogen) atoms. The summed E-state index contributed by atoms with van der Waals surface area (Å²) < 4.78 is 0. The lowest BCUT2D eigenvalue weighted by Crippen LogP contribution is -2.39. The summed E-state index contributed by atoms with van der Waals surface area (Å²) in [5.74, 6) is 0.141. The molecule has 1 aromatic rings. The van der Waals surface area contributed by atoms with Gasteiger partial charge in [0.2, 0.25) is 5.91 Å². The lowest BCUT2D eigenvalue weighted by molar-refractivity contribution is -0.116. The van der Waals surface area contributed by atoms with Crippen molar-refractivity contribution >= 4 is 23.3 Å². The van der Waals surface area contributed by atoms with Gasteiger partial charge in [-0.15, -0.1) is 0 Å². The molecule has 6 heteroatoms. The van der Waals surface area contributed by atoms with Crippen molar-refractivity contribution in [3.05, 3.63) is 17.5 Å². The third-order valence-corrected chi connectivity index (χ3v) is 2.02. The van der Waals surface area contributed by atoms with E-state index in [1.165, 1.54) is 6.20 Å². The second-order valence-electron chi connectivity index (χ2n) is 3.39. The number of hydrogen-bond acceptors (Lipinski definition) is 4. The average molecular weight is 229 g/mol. The minimum absolute atomic E-state index is 0.102. The Morgan fingerprint density at radius 1 is 1.60 bits per heavy atom. The molecular weight excluding hydrogens is 216 g/mol. The molecule has 0 unspecified atom stereocenters. The minimum Gasteiger partial charge on any atom is -0.368 e. The number of hydrogen-bond donors (Lipinski definition) is 1. The summed E-state index contributed by atoms with van der Waals surface area (Å²) in [6, 6.07) is 0.102. The first-order chi connectivity index (χ1) is 7.00. The van der Waals surface area contributed by atoms with E-state index in [-0.39, 0.29) is 12.6 Å². The molecule has 0 radical (unpaired) electrons. The molecule has 1 amide bonds. The topological polar surface area (TPSA) is 72.1 Å². The van der Waals surface area contributed by atoms with Gasteiger partial charge in [0.1, 0.15) is 11.0 Å². The van der Waals surface area contributed by atoms with Gasteiger partial charge in [0, 0.05) is 6.04 Å². The van der Waals surface area contributed by atoms with Crippen LogP contribution in [0.2, 0.25) is 5.15 Å². The fourth-order valence-electron chi connectivity index (χ4n) is 1.17. The van der Waals surface area contributed by atoms with Crippen molar-refractivity contribution in [2.75, 3.05) is 11.4 Å². The van der Waals surface area contributed by atoms with E-state index in [1.54, 1.807) is 11.1 Å². The number of rotatable bonds is 4. The molecule has 5 nitrogen and oxygen atoms in total. The van der Waals surface area contributed by atoms with E-state index in [2.05, 4.69) is 9.97 Å². The number of primary amides is 1. The maximum Gasteiger partial charge on any atom is 0.237 e. The highest BCUT2D eigenvalue weighted by atomic mass is 35.5. The highest BCUT2D eigenvalue weighted by molar-refractivity contribution is 6.29. The van der Waals surface area contributed by atoms with Crippen LogP contribution in [0.5, 0.6) is 0 Å². The zero-order valence-corrected chi connectivity index (χ0v) is 9.40. The molecule has 1 heterocycles. The van der Waals surface area contributed by atoms with Crippen LogP contribution >= 0.6 is 11.6 Å². The predicted octanol–water partition coefficient (Wildman–Crippen LogP) is 0.830. The van der Waals surface area contributed by atoms with E-state index >= 15 is 0 Å². The molecule has 1 rings (SSSR count). The number of carbonyl (C=O) groups is 1. The minimum atomic E-state index is -0.412. The van der Waals surface area contributed by atoms with Crippen LogP contribution in [0, 0.1) is 0 Å². The van der Waals surface area contributed by atoms with Gasteiger partial charge in [-0.25, -0.2) is 4.98 Å². The van der Waals surface area contributed by atoms with E-state index in [9.17, 15) is 4.79 Å². The summed E-state index contributed by atoms with van der Waals surface area (Å²) in [6.45, 7) is 3.98. The third-order valence-electron chi connectivity index (χ3n) is 1.84. The summed E-state index contributed by atoms with van der Waals surface area (Å²) in [6.07, 6.45) is 2.99. The molecule has 0 bridgehead atoms. The molecule has 1 aromatic heterocycles. The van der Waals surface area contributed by atoms with Crippen molar-refractivity contribution in [1.82, 2.24) is 9.97 Å². The van der Waals surface area contributed by atoms with Gasteiger partial charge in [-0.05, 0) is 13.8 Å². The highest BCUT2D eigenvalue weighted by Gasteiger charge is 2.14. The van der Waals surface area contributed by atoms with Crippen LogP contribution in [-0.2, 0) is 4.79 Å². The quantitative estimate of drug-likeness (QED) is 0.829. The maximum absolute atomic E-state index is 10.9. The zero-order chi connectivity index (χ0) is 11.4. The Kier molecular flexibility index (Phi) is 3.85. The Hall–Kier alpha value is -1.36. The van der Waals surface area contributed by atoms with Crippen molar-refractivity contribution in [3.63, 3.8) is 0 Å². The fourth-order valence-corrected chi connectivity index (χ4v) is 1.31. The molecule has 0 aliphatic heterocycles. The Labute approximate surface area is 93.3 Å². The van der Waals surface area contributed by atoms with Gasteiger partial charge >= 0.3 is 0 Å². The Balaban J connectivity index is 2.93. The summed E-state index contributed by atoms with van der Waals surface area (Å²) in [5, 5.41) is 0.294. The molecule has 0 aromatic carbocycles. The van der Waals surface area contributed by atoms with Gasteiger partial charge in [0.15, 0.2) is 0 Å². The molecular formula is C9H13ClN4O. The van der Waals surface area contributed by atoms with Crippen molar-refractivity contribution in [2.45, 2.75) is 19.9 Å². The number of aromatic nitrogens is 2. The van der Waals surface area contributed by atoms with Gasteiger partial charge in [0.05, 0.1) is 18.9 Å². The molecule has 0 aliphatic carbocycles. The summed E-state index contributed by atoms with van der Waals surface area (Å²) in [7, 11) is 0. The van der Waals surface area contributed by atoms with Gasteiger partial charge in [-0.1, -0.05) is 11.6 Å². The molecule has 0 spiro atoms. The SMILES string of the molecule is CC(C)N(CC(N)=O)c1cncc(Cl)n1. The average Bonchev–Trinajstić information content (AvgIpc) is 2.13. The fraction of sp³-hybridized carbons (Fsp3) is 0.444. The number of carbonyl (C=O) groups excluding carboxylic acids is 1. The molecule has 0 atom stereocenters. The van der Waals surface area contributed by atoms with Crippen LogP contribution in [0.3, 0.4) is 0 Å². The zero-order valence-electron chi connectivity index (χ0n) is 8.64. The first-order valence-electron chi connectivity index (χ1n) is 4.53. The van der Waals surface area contributed by atoms with E-state index in [0.717, 1.165) is 0 Å². The second-order valence-corrected chi connectivity index (χ2v) is 3.78. The van der Waals surface area contributed by atoms with Crippen LogP contribution in [0.4, 0.5) is 5.82 Å². The standard InChI is InChI=1S/C9H13ClN4O/c1-6(2)14(5-8(11)15)9-4-12-3-7(10)13-9/h3-4,6H,5H2,1-2H3,(H2,11,15). The highest BCUT2D eigenvalue weighted by Crippen LogP contribution is 2.14. The summed E-state index contributed by atoms with van der Waals surface area (Å²) in [5.41, 5.74) is 5.14. The molecule has 0 fully saturated rings. The van der Waals surface area contributed by atoms with Gasteiger partial charge in [-0.3, -0.25) is 9.78 Å². The Bertz CT molecular complexity index is 356. The van der Waals surface area contributed by atoms with Gasteiger partial charge in [-0.2, -0.15) is 0 Å². The van der Waals surface area contributed by atoms with Crippen molar-refractivity contribution in [2.24, 2.45) is 5.73 Å². The number of anilines is 1. The smallest absolute Gasteiger partial charge is 0.237 e. The molecule has 0 saturated carbocycles. The number of nitrogens with two attached hydrogens (primary N) is 1. The number of halogens is 1.